The Kier molecular flexibility index (Phi) is 5.58. The number of anilines is 1. The normalized spacial score (nSPS) is 19.0. The molecule has 1 aromatic rings. The lowest BCUT2D eigenvalue weighted by Crippen LogP contribution is -2.42. The number of nitrogens with one attached hydrogen (secondary N) is 1. The van der Waals surface area contributed by atoms with E-state index in [1.165, 1.54) is 5.75 Å². The summed E-state index contributed by atoms with van der Waals surface area (Å²) in [5, 5.41) is 4.09. The molecule has 1 fully saturated rings. The Hall–Kier alpha value is -0.450. The lowest BCUT2D eigenvalue weighted by atomic mass is 10.2. The summed E-state index contributed by atoms with van der Waals surface area (Å²) in [5.74, 6) is 2.11. The van der Waals surface area contributed by atoms with E-state index in [-0.39, 0.29) is 0 Å². The van der Waals surface area contributed by atoms with E-state index in [1.807, 2.05) is 23.9 Å². The minimum Gasteiger partial charge on any atom is -0.370 e. The summed E-state index contributed by atoms with van der Waals surface area (Å²) in [7, 11) is 0. The Morgan fingerprint density at radius 1 is 1.45 bits per heavy atom. The second-order valence-electron chi connectivity index (χ2n) is 5.87. The lowest BCUT2D eigenvalue weighted by Gasteiger charge is -2.37. The van der Waals surface area contributed by atoms with Crippen molar-refractivity contribution in [2.24, 2.45) is 0 Å². The topological polar surface area (TPSA) is 28.2 Å². The molecule has 1 aliphatic heterocycles. The van der Waals surface area contributed by atoms with Gasteiger partial charge in [0.1, 0.15) is 5.82 Å². The molecule has 0 aromatic carbocycles. The molecule has 0 atom stereocenters. The summed E-state index contributed by atoms with van der Waals surface area (Å²) in [4.78, 5) is 7.11. The third-order valence-electron chi connectivity index (χ3n) is 3.35. The van der Waals surface area contributed by atoms with Crippen molar-refractivity contribution in [2.45, 2.75) is 38.5 Å². The van der Waals surface area contributed by atoms with Crippen LogP contribution in [0.5, 0.6) is 0 Å². The number of nitrogens with zero attached hydrogens (tertiary/aromatic N) is 2. The predicted molar refractivity (Wildman–Crippen MR) is 89.8 cm³/mol. The fraction of sp³-hybridized carbons (Fsp3) is 0.667. The molecule has 2 heterocycles. The highest BCUT2D eigenvalue weighted by atomic mass is 35.5. The summed E-state index contributed by atoms with van der Waals surface area (Å²) in [6, 6.07) is 3.91. The van der Waals surface area contributed by atoms with E-state index in [9.17, 15) is 0 Å². The Bertz CT molecular complexity index is 451. The number of aromatic nitrogens is 1. The van der Waals surface area contributed by atoms with Crippen LogP contribution in [0.1, 0.15) is 32.9 Å². The van der Waals surface area contributed by atoms with Gasteiger partial charge in [-0.2, -0.15) is 11.8 Å². The van der Waals surface area contributed by atoms with Crippen LogP contribution < -0.4 is 5.32 Å². The molecule has 2 rings (SSSR count). The third-order valence-corrected chi connectivity index (χ3v) is 4.99. The van der Waals surface area contributed by atoms with Gasteiger partial charge in [0.25, 0.3) is 0 Å². The van der Waals surface area contributed by atoms with E-state index in [4.69, 9.17) is 11.6 Å². The molecule has 0 aliphatic carbocycles. The summed E-state index contributed by atoms with van der Waals surface area (Å²) in [5.41, 5.74) is 0.982. The van der Waals surface area contributed by atoms with E-state index in [1.54, 1.807) is 0 Å². The molecule has 20 heavy (non-hydrogen) atoms. The summed E-state index contributed by atoms with van der Waals surface area (Å²) >= 11 is 8.34. The third kappa shape index (κ3) is 4.54. The number of hydrogen-bond acceptors (Lipinski definition) is 4. The predicted octanol–water partition coefficient (Wildman–Crippen LogP) is 3.88. The maximum absolute atomic E-state index is 6.30. The van der Waals surface area contributed by atoms with Crippen LogP contribution in [-0.2, 0) is 6.54 Å². The van der Waals surface area contributed by atoms with Gasteiger partial charge in [-0.25, -0.2) is 4.98 Å². The van der Waals surface area contributed by atoms with Gasteiger partial charge in [-0.15, -0.1) is 0 Å². The van der Waals surface area contributed by atoms with Crippen molar-refractivity contribution in [1.29, 1.82) is 0 Å². The van der Waals surface area contributed by atoms with Crippen molar-refractivity contribution in [3.8, 4) is 0 Å². The van der Waals surface area contributed by atoms with Crippen LogP contribution in [0.3, 0.4) is 0 Å². The second kappa shape index (κ2) is 7.01. The highest BCUT2D eigenvalue weighted by Crippen LogP contribution is 2.30. The Labute approximate surface area is 131 Å². The molecule has 0 unspecified atom stereocenters. The van der Waals surface area contributed by atoms with Crippen LogP contribution in [0.2, 0.25) is 5.02 Å². The zero-order chi connectivity index (χ0) is 14.6. The summed E-state index contributed by atoms with van der Waals surface area (Å²) in [6.45, 7) is 10.7. The van der Waals surface area contributed by atoms with Gasteiger partial charge in [-0.05, 0) is 32.4 Å². The Morgan fingerprint density at radius 3 is 2.95 bits per heavy atom. The van der Waals surface area contributed by atoms with Crippen LogP contribution in [-0.4, -0.2) is 40.0 Å². The van der Waals surface area contributed by atoms with Crippen molar-refractivity contribution in [1.82, 2.24) is 9.88 Å². The van der Waals surface area contributed by atoms with Gasteiger partial charge in [0.15, 0.2) is 0 Å². The quantitative estimate of drug-likeness (QED) is 0.893. The van der Waals surface area contributed by atoms with Crippen LogP contribution in [0.25, 0.3) is 0 Å². The van der Waals surface area contributed by atoms with Crippen LogP contribution in [0.15, 0.2) is 12.1 Å². The van der Waals surface area contributed by atoms with Crippen molar-refractivity contribution in [2.75, 3.05) is 30.7 Å². The maximum Gasteiger partial charge on any atom is 0.126 e. The molecule has 1 N–H and O–H groups in total. The van der Waals surface area contributed by atoms with Crippen molar-refractivity contribution < 1.29 is 0 Å². The minimum absolute atomic E-state index is 0.322. The van der Waals surface area contributed by atoms with Gasteiger partial charge in [-0.3, -0.25) is 4.90 Å². The Balaban J connectivity index is 2.04. The monoisotopic (exact) mass is 313 g/mol. The van der Waals surface area contributed by atoms with Crippen molar-refractivity contribution in [3.05, 3.63) is 22.8 Å². The van der Waals surface area contributed by atoms with Gasteiger partial charge in [0.2, 0.25) is 0 Å². The molecule has 0 radical (unpaired) electrons. The van der Waals surface area contributed by atoms with Gasteiger partial charge in [-0.1, -0.05) is 18.5 Å². The molecule has 112 valence electrons. The molecule has 5 heteroatoms. The van der Waals surface area contributed by atoms with E-state index < -0.39 is 0 Å². The first kappa shape index (κ1) is 15.9. The largest absolute Gasteiger partial charge is 0.370 e. The summed E-state index contributed by atoms with van der Waals surface area (Å²) < 4.78 is 0.322. The van der Waals surface area contributed by atoms with Crippen LogP contribution in [0.4, 0.5) is 5.82 Å². The molecule has 1 aliphatic rings. The van der Waals surface area contributed by atoms with Gasteiger partial charge >= 0.3 is 0 Å². The molecule has 1 saturated heterocycles. The number of halogens is 1. The number of rotatable bonds is 5. The zero-order valence-electron chi connectivity index (χ0n) is 12.6. The minimum atomic E-state index is 0.322. The molecule has 0 spiro atoms. The standard InChI is InChI=1S/C15H24ClN3S/c1-4-7-17-14-6-5-12(16)13(18-14)10-19-8-9-20-15(2,3)11-19/h5-6H,4,7-11H2,1-3H3,(H,17,18). The van der Waals surface area contributed by atoms with Crippen molar-refractivity contribution >= 4 is 29.2 Å². The first-order valence-electron chi connectivity index (χ1n) is 7.26. The first-order valence-corrected chi connectivity index (χ1v) is 8.62. The Morgan fingerprint density at radius 2 is 2.25 bits per heavy atom. The first-order chi connectivity index (χ1) is 9.50. The van der Waals surface area contributed by atoms with E-state index in [0.717, 1.165) is 49.1 Å². The molecular formula is C15H24ClN3S. The highest BCUT2D eigenvalue weighted by Gasteiger charge is 2.27. The SMILES string of the molecule is CCCNc1ccc(Cl)c(CN2CCSC(C)(C)C2)n1. The van der Waals surface area contributed by atoms with Gasteiger partial charge in [0.05, 0.1) is 10.7 Å². The zero-order valence-corrected chi connectivity index (χ0v) is 14.2. The fourth-order valence-electron chi connectivity index (χ4n) is 2.41. The summed E-state index contributed by atoms with van der Waals surface area (Å²) in [6.07, 6.45) is 1.09. The number of pyridine rings is 1. The average Bonchev–Trinajstić information content (AvgIpc) is 2.38. The lowest BCUT2D eigenvalue weighted by molar-refractivity contribution is 0.250. The molecular weight excluding hydrogens is 290 g/mol. The van der Waals surface area contributed by atoms with Crippen LogP contribution in [0, 0.1) is 0 Å². The smallest absolute Gasteiger partial charge is 0.126 e. The number of thioether (sulfide) groups is 1. The van der Waals surface area contributed by atoms with Gasteiger partial charge in [0, 0.05) is 36.7 Å². The van der Waals surface area contributed by atoms with E-state index in [2.05, 4.69) is 36.0 Å². The highest BCUT2D eigenvalue weighted by molar-refractivity contribution is 8.00. The average molecular weight is 314 g/mol. The van der Waals surface area contributed by atoms with Crippen molar-refractivity contribution in [3.63, 3.8) is 0 Å². The molecule has 0 amide bonds. The molecule has 0 bridgehead atoms. The second-order valence-corrected chi connectivity index (χ2v) is 8.08. The van der Waals surface area contributed by atoms with Crippen LogP contribution >= 0.6 is 23.4 Å². The maximum atomic E-state index is 6.30. The van der Waals surface area contributed by atoms with Gasteiger partial charge < -0.3 is 5.32 Å². The number of hydrogen-bond donors (Lipinski definition) is 1. The fourth-order valence-corrected chi connectivity index (χ4v) is 3.75. The molecule has 3 nitrogen and oxygen atoms in total. The van der Waals surface area contributed by atoms with E-state index >= 15 is 0 Å². The molecule has 0 saturated carbocycles. The molecule has 1 aromatic heterocycles. The van der Waals surface area contributed by atoms with E-state index in [0.29, 0.717) is 4.75 Å².